The number of piperidine rings is 1. The molecule has 1 aliphatic heterocycles. The number of hydrogen-bond acceptors (Lipinski definition) is 4. The van der Waals surface area contributed by atoms with E-state index in [0.29, 0.717) is 6.04 Å². The predicted octanol–water partition coefficient (Wildman–Crippen LogP) is 2.68. The average molecular weight is 326 g/mol. The zero-order valence-corrected chi connectivity index (χ0v) is 15.0. The number of anilines is 1. The Bertz CT molecular complexity index is 666. The monoisotopic (exact) mass is 326 g/mol. The fraction of sp³-hybridized carbons (Fsp3) is 0.474. The number of hydrogen-bond donors (Lipinski definition) is 1. The number of benzene rings is 1. The largest absolute Gasteiger partial charge is 0.376 e. The molecule has 0 saturated carbocycles. The first-order chi connectivity index (χ1) is 11.4. The molecule has 1 amide bonds. The average Bonchev–Trinajstić information content (AvgIpc) is 2.55. The van der Waals surface area contributed by atoms with Crippen LogP contribution in [0.15, 0.2) is 30.0 Å². The lowest BCUT2D eigenvalue weighted by molar-refractivity contribution is -0.112. The minimum atomic E-state index is -0.357. The highest BCUT2D eigenvalue weighted by molar-refractivity contribution is 6.06. The molecule has 128 valence electrons. The molecule has 1 aromatic rings. The van der Waals surface area contributed by atoms with E-state index in [0.717, 1.165) is 42.7 Å². The van der Waals surface area contributed by atoms with Gasteiger partial charge in [0, 0.05) is 25.0 Å². The van der Waals surface area contributed by atoms with Crippen molar-refractivity contribution in [3.05, 3.63) is 41.1 Å². The van der Waals surface area contributed by atoms with Crippen LogP contribution < -0.4 is 5.32 Å². The second-order valence-electron chi connectivity index (χ2n) is 6.63. The topological polar surface area (TPSA) is 59.4 Å². The molecule has 1 aromatic carbocycles. The Labute approximate surface area is 144 Å². The lowest BCUT2D eigenvalue weighted by Gasteiger charge is -2.34. The summed E-state index contributed by atoms with van der Waals surface area (Å²) < 4.78 is 0. The molecule has 0 aliphatic carbocycles. The first-order valence-corrected chi connectivity index (χ1v) is 8.31. The third-order valence-corrected chi connectivity index (χ3v) is 4.59. The van der Waals surface area contributed by atoms with Crippen molar-refractivity contribution in [3.63, 3.8) is 0 Å². The Morgan fingerprint density at radius 3 is 2.62 bits per heavy atom. The fourth-order valence-electron chi connectivity index (χ4n) is 2.99. The van der Waals surface area contributed by atoms with Crippen molar-refractivity contribution in [2.24, 2.45) is 0 Å². The van der Waals surface area contributed by atoms with Crippen molar-refractivity contribution in [1.82, 2.24) is 9.80 Å². The molecule has 0 spiro atoms. The third kappa shape index (κ3) is 4.59. The molecular formula is C19H26N4O. The second-order valence-corrected chi connectivity index (χ2v) is 6.63. The number of aryl methyl sites for hydroxylation is 2. The van der Waals surface area contributed by atoms with Gasteiger partial charge in [-0.25, -0.2) is 0 Å². The van der Waals surface area contributed by atoms with Gasteiger partial charge in [-0.1, -0.05) is 17.7 Å². The summed E-state index contributed by atoms with van der Waals surface area (Å²) in [5.74, 6) is -0.357. The van der Waals surface area contributed by atoms with Gasteiger partial charge in [0.1, 0.15) is 11.6 Å². The molecule has 2 rings (SSSR count). The molecule has 0 unspecified atom stereocenters. The van der Waals surface area contributed by atoms with Crippen LogP contribution in [0.2, 0.25) is 0 Å². The van der Waals surface area contributed by atoms with Crippen LogP contribution in [0.4, 0.5) is 5.69 Å². The van der Waals surface area contributed by atoms with E-state index in [1.807, 2.05) is 50.1 Å². The molecule has 0 aromatic heterocycles. The van der Waals surface area contributed by atoms with Crippen LogP contribution in [-0.2, 0) is 4.79 Å². The smallest absolute Gasteiger partial charge is 0.267 e. The third-order valence-electron chi connectivity index (χ3n) is 4.59. The molecular weight excluding hydrogens is 300 g/mol. The second kappa shape index (κ2) is 7.98. The van der Waals surface area contributed by atoms with Crippen molar-refractivity contribution in [2.45, 2.75) is 32.7 Å². The number of likely N-dealkylation sites (tertiary alicyclic amines) is 1. The maximum absolute atomic E-state index is 12.4. The van der Waals surface area contributed by atoms with E-state index in [1.165, 1.54) is 0 Å². The number of rotatable bonds is 4. The number of carbonyl (C=O) groups excluding carboxylic acids is 1. The summed E-state index contributed by atoms with van der Waals surface area (Å²) in [6, 6.07) is 8.23. The quantitative estimate of drug-likeness (QED) is 0.683. The molecule has 5 heteroatoms. The van der Waals surface area contributed by atoms with Crippen LogP contribution in [0.1, 0.15) is 24.0 Å². The van der Waals surface area contributed by atoms with Gasteiger partial charge in [-0.05, 0) is 58.5 Å². The number of carbonyl (C=O) groups is 1. The minimum absolute atomic E-state index is 0.136. The molecule has 0 bridgehead atoms. The molecule has 1 N–H and O–H groups in total. The highest BCUT2D eigenvalue weighted by Gasteiger charge is 2.20. The van der Waals surface area contributed by atoms with Gasteiger partial charge in [0.2, 0.25) is 0 Å². The zero-order chi connectivity index (χ0) is 17.7. The molecule has 1 fully saturated rings. The highest BCUT2D eigenvalue weighted by atomic mass is 16.1. The van der Waals surface area contributed by atoms with Crippen LogP contribution in [0.25, 0.3) is 0 Å². The SMILES string of the molecule is Cc1ccc(NC(=O)/C(C#N)=C\N(C)C2CCN(C)CC2)c(C)c1. The fourth-order valence-corrected chi connectivity index (χ4v) is 2.99. The summed E-state index contributed by atoms with van der Waals surface area (Å²) in [7, 11) is 4.06. The van der Waals surface area contributed by atoms with Gasteiger partial charge in [0.25, 0.3) is 5.91 Å². The number of nitrogens with zero attached hydrogens (tertiary/aromatic N) is 3. The normalized spacial score (nSPS) is 16.5. The molecule has 24 heavy (non-hydrogen) atoms. The molecule has 0 atom stereocenters. The molecule has 1 heterocycles. The Hall–Kier alpha value is -2.32. The van der Waals surface area contributed by atoms with E-state index in [2.05, 4.69) is 17.3 Å². The van der Waals surface area contributed by atoms with E-state index in [1.54, 1.807) is 6.20 Å². The van der Waals surface area contributed by atoms with Crippen LogP contribution in [0, 0.1) is 25.2 Å². The molecule has 5 nitrogen and oxygen atoms in total. The summed E-state index contributed by atoms with van der Waals surface area (Å²) in [5, 5.41) is 12.2. The summed E-state index contributed by atoms with van der Waals surface area (Å²) in [6.07, 6.45) is 3.76. The number of nitriles is 1. The van der Waals surface area contributed by atoms with E-state index in [9.17, 15) is 10.1 Å². The van der Waals surface area contributed by atoms with Gasteiger partial charge in [0.05, 0.1) is 0 Å². The van der Waals surface area contributed by atoms with E-state index in [4.69, 9.17) is 0 Å². The van der Waals surface area contributed by atoms with Crippen LogP contribution in [0.5, 0.6) is 0 Å². The Kier molecular flexibility index (Phi) is 5.99. The summed E-state index contributed by atoms with van der Waals surface area (Å²) in [6.45, 7) is 6.04. The van der Waals surface area contributed by atoms with Gasteiger partial charge >= 0.3 is 0 Å². The number of nitrogens with one attached hydrogen (secondary N) is 1. The van der Waals surface area contributed by atoms with Crippen molar-refractivity contribution in [3.8, 4) is 6.07 Å². The Balaban J connectivity index is 2.06. The Morgan fingerprint density at radius 2 is 2.04 bits per heavy atom. The summed E-state index contributed by atoms with van der Waals surface area (Å²) >= 11 is 0. The van der Waals surface area contributed by atoms with Crippen molar-refractivity contribution >= 4 is 11.6 Å². The van der Waals surface area contributed by atoms with Gasteiger partial charge in [-0.15, -0.1) is 0 Å². The van der Waals surface area contributed by atoms with E-state index < -0.39 is 0 Å². The minimum Gasteiger partial charge on any atom is -0.376 e. The lowest BCUT2D eigenvalue weighted by atomic mass is 10.0. The maximum atomic E-state index is 12.4. The summed E-state index contributed by atoms with van der Waals surface area (Å²) in [4.78, 5) is 16.7. The Morgan fingerprint density at radius 1 is 1.38 bits per heavy atom. The first-order valence-electron chi connectivity index (χ1n) is 8.31. The predicted molar refractivity (Wildman–Crippen MR) is 96.5 cm³/mol. The van der Waals surface area contributed by atoms with Crippen LogP contribution in [-0.4, -0.2) is 48.9 Å². The first kappa shape index (κ1) is 18.0. The van der Waals surface area contributed by atoms with Gasteiger partial charge in [-0.2, -0.15) is 5.26 Å². The van der Waals surface area contributed by atoms with E-state index >= 15 is 0 Å². The maximum Gasteiger partial charge on any atom is 0.267 e. The van der Waals surface area contributed by atoms with Gasteiger partial charge < -0.3 is 15.1 Å². The van der Waals surface area contributed by atoms with Crippen LogP contribution in [0.3, 0.4) is 0 Å². The van der Waals surface area contributed by atoms with Crippen LogP contribution >= 0.6 is 0 Å². The molecule has 0 radical (unpaired) electrons. The standard InChI is InChI=1S/C19H26N4O/c1-14-5-6-18(15(2)11-14)21-19(24)16(12-20)13-23(4)17-7-9-22(3)10-8-17/h5-6,11,13,17H,7-10H2,1-4H3,(H,21,24)/b16-13-. The van der Waals surface area contributed by atoms with Crippen molar-refractivity contribution < 1.29 is 4.79 Å². The van der Waals surface area contributed by atoms with E-state index in [-0.39, 0.29) is 11.5 Å². The molecule has 1 aliphatic rings. The summed E-state index contributed by atoms with van der Waals surface area (Å²) in [5.41, 5.74) is 3.01. The van der Waals surface area contributed by atoms with Crippen molar-refractivity contribution in [1.29, 1.82) is 5.26 Å². The number of amides is 1. The van der Waals surface area contributed by atoms with Gasteiger partial charge in [0.15, 0.2) is 0 Å². The van der Waals surface area contributed by atoms with Crippen molar-refractivity contribution in [2.75, 3.05) is 32.5 Å². The highest BCUT2D eigenvalue weighted by Crippen LogP contribution is 2.18. The lowest BCUT2D eigenvalue weighted by Crippen LogP contribution is -2.40. The van der Waals surface area contributed by atoms with Gasteiger partial charge in [-0.3, -0.25) is 4.79 Å². The molecule has 1 saturated heterocycles. The zero-order valence-electron chi connectivity index (χ0n) is 15.0.